The smallest absolute Gasteiger partial charge is 0.391 e. The lowest BCUT2D eigenvalue weighted by Crippen LogP contribution is -2.12. The molecule has 0 radical (unpaired) electrons. The molecule has 8 heteroatoms. The van der Waals surface area contributed by atoms with Gasteiger partial charge in [-0.25, -0.2) is 5.43 Å². The zero-order valence-electron chi connectivity index (χ0n) is 6.76. The number of rotatable bonds is 0. The van der Waals surface area contributed by atoms with Crippen molar-refractivity contribution in [2.75, 3.05) is 0 Å². The van der Waals surface area contributed by atoms with Crippen molar-refractivity contribution in [3.05, 3.63) is 34.2 Å². The molecular formula is C6H5N4O4-. The van der Waals surface area contributed by atoms with Crippen molar-refractivity contribution in [3.8, 4) is 0 Å². The van der Waals surface area contributed by atoms with Crippen LogP contribution in [0.2, 0.25) is 0 Å². The number of hydrazone groups is 1. The quantitative estimate of drug-likeness (QED) is 0.379. The van der Waals surface area contributed by atoms with Crippen LogP contribution in [0.1, 0.15) is 0 Å². The summed E-state index contributed by atoms with van der Waals surface area (Å²) in [7, 11) is 0. The predicted molar refractivity (Wildman–Crippen MR) is 45.1 cm³/mol. The molecule has 0 saturated heterocycles. The Morgan fingerprint density at radius 2 is 2.14 bits per heavy atom. The average Bonchev–Trinajstić information content (AvgIpc) is 2.70. The van der Waals surface area contributed by atoms with E-state index in [1.165, 1.54) is 12.2 Å². The van der Waals surface area contributed by atoms with E-state index in [1.54, 1.807) is 0 Å². The molecule has 2 aliphatic heterocycles. The fraction of sp³-hybridized carbons (Fsp3) is 0. The van der Waals surface area contributed by atoms with Crippen LogP contribution in [-0.2, 0) is 9.47 Å². The minimum Gasteiger partial charge on any atom is -0.610 e. The van der Waals surface area contributed by atoms with Gasteiger partial charge < -0.3 is 25.6 Å². The van der Waals surface area contributed by atoms with Gasteiger partial charge in [-0.1, -0.05) is 0 Å². The van der Waals surface area contributed by atoms with Crippen LogP contribution in [0.4, 0.5) is 0 Å². The van der Waals surface area contributed by atoms with Crippen LogP contribution in [0.5, 0.6) is 0 Å². The summed E-state index contributed by atoms with van der Waals surface area (Å²) < 4.78 is 9.68. The third kappa shape index (κ3) is 1.28. The van der Waals surface area contributed by atoms with E-state index < -0.39 is 4.90 Å². The zero-order valence-corrected chi connectivity index (χ0v) is 6.76. The summed E-state index contributed by atoms with van der Waals surface area (Å²) in [6.45, 7) is 0. The van der Waals surface area contributed by atoms with Gasteiger partial charge in [0, 0.05) is 0 Å². The molecule has 8 nitrogen and oxygen atoms in total. The van der Waals surface area contributed by atoms with E-state index in [9.17, 15) is 10.4 Å². The topological polar surface area (TPSA) is 118 Å². The molecule has 2 heterocycles. The van der Waals surface area contributed by atoms with Crippen molar-refractivity contribution in [3.63, 3.8) is 0 Å². The number of hydrogen-bond acceptors (Lipinski definition) is 7. The summed E-state index contributed by atoms with van der Waals surface area (Å²) in [5, 5.41) is 24.1. The summed E-state index contributed by atoms with van der Waals surface area (Å²) in [5.74, 6) is -0.0696. The van der Waals surface area contributed by atoms with Gasteiger partial charge in [0.05, 0.1) is 6.08 Å². The molecule has 0 unspecified atom stereocenters. The largest absolute Gasteiger partial charge is 0.610 e. The Bertz CT molecular complexity index is 391. The summed E-state index contributed by atoms with van der Waals surface area (Å²) in [5.41, 5.74) is 7.61. The molecule has 0 aliphatic carbocycles. The van der Waals surface area contributed by atoms with E-state index in [0.717, 1.165) is 0 Å². The van der Waals surface area contributed by atoms with Crippen LogP contribution in [0.15, 0.2) is 28.9 Å². The Balaban J connectivity index is 2.19. The molecule has 0 atom stereocenters. The second-order valence-electron chi connectivity index (χ2n) is 2.39. The molecule has 2 aliphatic rings. The van der Waals surface area contributed by atoms with Gasteiger partial charge in [-0.05, 0) is 6.08 Å². The van der Waals surface area contributed by atoms with E-state index in [0.29, 0.717) is 0 Å². The molecule has 0 aromatic heterocycles. The number of ether oxygens (including phenoxy) is 2. The lowest BCUT2D eigenvalue weighted by molar-refractivity contribution is -0.388. The summed E-state index contributed by atoms with van der Waals surface area (Å²) in [6.07, 6.45) is 2.59. The van der Waals surface area contributed by atoms with Crippen molar-refractivity contribution in [1.29, 1.82) is 0 Å². The molecule has 3 N–H and O–H groups in total. The van der Waals surface area contributed by atoms with Crippen molar-refractivity contribution in [2.24, 2.45) is 10.8 Å². The maximum absolute atomic E-state index is 10.3. The fourth-order valence-corrected chi connectivity index (χ4v) is 0.909. The minimum absolute atomic E-state index is 0.0703. The molecule has 0 aromatic rings. The second-order valence-corrected chi connectivity index (χ2v) is 2.39. The van der Waals surface area contributed by atoms with Gasteiger partial charge >= 0.3 is 11.9 Å². The van der Waals surface area contributed by atoms with Crippen LogP contribution in [0.25, 0.3) is 0 Å². The minimum atomic E-state index is -0.650. The van der Waals surface area contributed by atoms with Crippen LogP contribution < -0.4 is 11.2 Å². The third-order valence-electron chi connectivity index (χ3n) is 1.47. The first-order valence-electron chi connectivity index (χ1n) is 3.55. The summed E-state index contributed by atoms with van der Waals surface area (Å²) >= 11 is 0. The Kier molecular flexibility index (Phi) is 1.67. The molecule has 0 amide bonds. The Labute approximate surface area is 77.8 Å². The van der Waals surface area contributed by atoms with E-state index >= 15 is 0 Å². The van der Waals surface area contributed by atoms with Crippen LogP contribution >= 0.6 is 0 Å². The SMILES string of the molecule is NC1=NNC(=C2C=CC(=[N+]([O-])[O-])O2)O1. The number of nitrogens with two attached hydrogens (primary N) is 1. The highest BCUT2D eigenvalue weighted by Gasteiger charge is 2.23. The van der Waals surface area contributed by atoms with Gasteiger partial charge in [0.2, 0.25) is 0 Å². The lowest BCUT2D eigenvalue weighted by atomic mass is 10.5. The highest BCUT2D eigenvalue weighted by molar-refractivity contribution is 5.88. The maximum atomic E-state index is 10.3. The highest BCUT2D eigenvalue weighted by atomic mass is 16.8. The van der Waals surface area contributed by atoms with Gasteiger partial charge in [-0.3, -0.25) is 0 Å². The van der Waals surface area contributed by atoms with E-state index in [2.05, 4.69) is 10.5 Å². The van der Waals surface area contributed by atoms with Crippen molar-refractivity contribution in [1.82, 2.24) is 5.43 Å². The summed E-state index contributed by atoms with van der Waals surface area (Å²) in [4.78, 5) is -0.650. The standard InChI is InChI=1S/C6H5N4O4/c7-6-9-8-5(14-6)3-1-2-4(13-3)10(11)12/h1-2,8H,(H2-,7,9,11,12)/q-1. The monoisotopic (exact) mass is 197 g/mol. The van der Waals surface area contributed by atoms with E-state index in [4.69, 9.17) is 15.2 Å². The zero-order chi connectivity index (χ0) is 10.1. The van der Waals surface area contributed by atoms with Gasteiger partial charge in [0.1, 0.15) is 0 Å². The molecule has 0 aromatic carbocycles. The summed E-state index contributed by atoms with van der Waals surface area (Å²) in [6, 6.07) is -0.0703. The average molecular weight is 197 g/mol. The number of nitrogens with one attached hydrogen (secondary N) is 1. The van der Waals surface area contributed by atoms with Gasteiger partial charge in [0.15, 0.2) is 5.76 Å². The second kappa shape index (κ2) is 2.83. The van der Waals surface area contributed by atoms with Gasteiger partial charge in [0.25, 0.3) is 5.88 Å². The fourth-order valence-electron chi connectivity index (χ4n) is 0.909. The van der Waals surface area contributed by atoms with Crippen LogP contribution in [-0.4, -0.2) is 16.8 Å². The molecule has 0 spiro atoms. The van der Waals surface area contributed by atoms with Crippen LogP contribution in [0.3, 0.4) is 0 Å². The number of hydrogen-bond donors (Lipinski definition) is 2. The first-order valence-corrected chi connectivity index (χ1v) is 3.55. The Morgan fingerprint density at radius 3 is 2.64 bits per heavy atom. The first-order chi connectivity index (χ1) is 6.66. The third-order valence-corrected chi connectivity index (χ3v) is 1.47. The van der Waals surface area contributed by atoms with Gasteiger partial charge in [-0.2, -0.15) is 0 Å². The molecule has 0 saturated carbocycles. The van der Waals surface area contributed by atoms with E-state index in [1.807, 2.05) is 0 Å². The predicted octanol–water partition coefficient (Wildman–Crippen LogP) is -1.00. The van der Waals surface area contributed by atoms with Crippen LogP contribution in [0, 0.1) is 10.4 Å². The molecule has 2 rings (SSSR count). The molecule has 74 valence electrons. The molecule has 0 fully saturated rings. The maximum Gasteiger partial charge on any atom is 0.391 e. The Morgan fingerprint density at radius 1 is 1.36 bits per heavy atom. The molecule has 0 bridgehead atoms. The van der Waals surface area contributed by atoms with Crippen molar-refractivity contribution < 1.29 is 14.4 Å². The van der Waals surface area contributed by atoms with E-state index in [-0.39, 0.29) is 23.6 Å². The van der Waals surface area contributed by atoms with Crippen molar-refractivity contribution >= 4 is 11.9 Å². The van der Waals surface area contributed by atoms with Gasteiger partial charge in [-0.15, -0.1) is 10.0 Å². The number of nitrogens with zero attached hydrogens (tertiary/aromatic N) is 2. The lowest BCUT2D eigenvalue weighted by Gasteiger charge is -2.05. The number of allylic oxidation sites excluding steroid dienone is 1. The molecule has 14 heavy (non-hydrogen) atoms. The van der Waals surface area contributed by atoms with Crippen molar-refractivity contribution in [2.45, 2.75) is 0 Å². The normalized spacial score (nSPS) is 24.0. The Hall–Kier alpha value is -2.38. The highest BCUT2D eigenvalue weighted by Crippen LogP contribution is 2.16. The number of amidine groups is 1. The molecular weight excluding hydrogens is 192 g/mol. The first kappa shape index (κ1) is 8.23.